The van der Waals surface area contributed by atoms with Crippen molar-refractivity contribution in [3.8, 4) is 0 Å². The van der Waals surface area contributed by atoms with Gasteiger partial charge in [-0.2, -0.15) is 0 Å². The molecule has 20 heteroatoms. The minimum absolute atomic E-state index is 0.0633. The van der Waals surface area contributed by atoms with Crippen LogP contribution in [0.25, 0.3) is 0 Å². The minimum Gasteiger partial charge on any atom is -0.460 e. The Morgan fingerprint density at radius 3 is 0.623 bits per heavy atom. The van der Waals surface area contributed by atoms with Crippen LogP contribution in [0.1, 0.15) is 41.4 Å². The van der Waals surface area contributed by atoms with Crippen LogP contribution in [0, 0.1) is 5.41 Å². The minimum atomic E-state index is -0.843. The van der Waals surface area contributed by atoms with Gasteiger partial charge in [0.2, 0.25) is 0 Å². The van der Waals surface area contributed by atoms with Crippen LogP contribution in [-0.2, 0) is 56.8 Å². The zero-order valence-corrected chi connectivity index (χ0v) is 46.2. The number of carbonyl (C=O) groups excluding carboxylic acids is 4. The second kappa shape index (κ2) is 35.9. The van der Waals surface area contributed by atoms with Gasteiger partial charge in [-0.25, -0.2) is 19.2 Å². The van der Waals surface area contributed by atoms with E-state index in [-0.39, 0.29) is 132 Å². The maximum absolute atomic E-state index is 12.6. The quantitative estimate of drug-likeness (QED) is 0.0295. The molecule has 0 saturated carbocycles. The molecule has 0 N–H and O–H groups in total. The predicted octanol–water partition coefficient (Wildman–Crippen LogP) is 5.80. The van der Waals surface area contributed by atoms with Crippen LogP contribution < -0.4 is 19.6 Å². The average Bonchev–Trinajstić information content (AvgIpc) is 3.43. The van der Waals surface area contributed by atoms with Crippen molar-refractivity contribution in [2.45, 2.75) is 0 Å². The van der Waals surface area contributed by atoms with Gasteiger partial charge in [0.1, 0.15) is 26.4 Å². The van der Waals surface area contributed by atoms with E-state index in [2.05, 4.69) is 0 Å². The molecule has 0 heterocycles. The monoisotopic (exact) mass is 1080 g/mol. The van der Waals surface area contributed by atoms with Gasteiger partial charge in [0.15, 0.2) is 0 Å². The number of ether oxygens (including phenoxy) is 12. The predicted molar refractivity (Wildman–Crippen MR) is 293 cm³/mol. The van der Waals surface area contributed by atoms with E-state index < -0.39 is 29.3 Å². The zero-order chi connectivity index (χ0) is 55.7. The van der Waals surface area contributed by atoms with Gasteiger partial charge in [-0.1, -0.05) is 0 Å². The highest BCUT2D eigenvalue weighted by Crippen LogP contribution is 2.22. The molecule has 0 aliphatic rings. The van der Waals surface area contributed by atoms with E-state index >= 15 is 0 Å². The first-order valence-corrected chi connectivity index (χ1v) is 25.6. The average molecular weight is 1080 g/mol. The molecule has 0 fully saturated rings. The lowest BCUT2D eigenvalue weighted by Gasteiger charge is -2.33. The summed E-state index contributed by atoms with van der Waals surface area (Å²) in [5.74, 6) is -1.77. The molecule has 424 valence electrons. The lowest BCUT2D eigenvalue weighted by atomic mass is 9.92. The Balaban J connectivity index is 1.28. The zero-order valence-electron chi connectivity index (χ0n) is 46.2. The van der Waals surface area contributed by atoms with Crippen molar-refractivity contribution in [1.82, 2.24) is 0 Å². The first-order chi connectivity index (χ1) is 37.2. The molecule has 0 spiro atoms. The number of esters is 4. The Morgan fingerprint density at radius 1 is 0.273 bits per heavy atom. The molecule has 20 nitrogen and oxygen atoms in total. The maximum Gasteiger partial charge on any atom is 0.338 e. The highest BCUT2D eigenvalue weighted by molar-refractivity contribution is 5.91. The molecule has 4 aromatic rings. The largest absolute Gasteiger partial charge is 0.460 e. The number of carbonyl (C=O) groups is 4. The lowest BCUT2D eigenvalue weighted by molar-refractivity contribution is -0.122. The molecule has 0 bridgehead atoms. The van der Waals surface area contributed by atoms with Crippen LogP contribution in [0.5, 0.6) is 0 Å². The van der Waals surface area contributed by atoms with Crippen LogP contribution in [0.3, 0.4) is 0 Å². The summed E-state index contributed by atoms with van der Waals surface area (Å²) in [6, 6.07) is 28.5. The second-order valence-corrected chi connectivity index (χ2v) is 18.5. The molecule has 0 unspecified atom stereocenters. The summed E-state index contributed by atoms with van der Waals surface area (Å²) in [6.45, 7) is 3.14. The fourth-order valence-corrected chi connectivity index (χ4v) is 6.97. The Hall–Kier alpha value is -6.36. The van der Waals surface area contributed by atoms with Crippen molar-refractivity contribution >= 4 is 46.6 Å². The third-order valence-electron chi connectivity index (χ3n) is 11.4. The molecule has 0 aromatic heterocycles. The third-order valence-corrected chi connectivity index (χ3v) is 11.4. The van der Waals surface area contributed by atoms with Crippen molar-refractivity contribution in [1.29, 1.82) is 0 Å². The van der Waals surface area contributed by atoms with Crippen molar-refractivity contribution < 1.29 is 76.0 Å². The summed E-state index contributed by atoms with van der Waals surface area (Å²) in [7, 11) is 15.4. The maximum atomic E-state index is 12.6. The summed E-state index contributed by atoms with van der Waals surface area (Å²) >= 11 is 0. The second-order valence-electron chi connectivity index (χ2n) is 18.5. The van der Waals surface area contributed by atoms with Gasteiger partial charge in [-0.05, 0) is 97.1 Å². The van der Waals surface area contributed by atoms with E-state index in [9.17, 15) is 19.2 Å². The molecular formula is C57H80N4O16. The SMILES string of the molecule is CN(C)c1ccc(C(=O)OCCOCCOCC(COCCOCCOC(=O)c2ccc(N(C)C)cc2)(COCCOCCOC(=O)c2ccc(N(C)C)cc2)COCCOCCOC(=O)c2ccc(N(C)C)cc2)cc1. The van der Waals surface area contributed by atoms with Crippen molar-refractivity contribution in [3.05, 3.63) is 119 Å². The molecule has 0 atom stereocenters. The number of hydrogen-bond donors (Lipinski definition) is 0. The molecule has 4 aromatic carbocycles. The van der Waals surface area contributed by atoms with E-state index in [0.717, 1.165) is 22.7 Å². The summed E-state index contributed by atoms with van der Waals surface area (Å²) in [6.07, 6.45) is 0. The smallest absolute Gasteiger partial charge is 0.338 e. The van der Waals surface area contributed by atoms with Crippen LogP contribution in [0.15, 0.2) is 97.1 Å². The van der Waals surface area contributed by atoms with Gasteiger partial charge in [0.05, 0.1) is 133 Å². The standard InChI is InChI=1S/C57H80N4O16/c1-58(2)49-17-9-45(10-18-49)53(62)74-37-33-66-25-29-70-41-57(42-71-30-26-67-34-38-75-54(63)46-11-19-50(20-12-46)59(3)4,43-72-31-27-68-35-39-76-55(64)47-13-21-51(22-14-47)60(5)6)44-73-32-28-69-36-40-77-56(65)48-15-23-52(24-16-48)61(7)8/h9-24H,25-44H2,1-8H3. The van der Waals surface area contributed by atoms with E-state index in [1.807, 2.05) is 125 Å². The third kappa shape index (κ3) is 24.7. The highest BCUT2D eigenvalue weighted by Gasteiger charge is 2.33. The van der Waals surface area contributed by atoms with Crippen LogP contribution in [-0.4, -0.2) is 212 Å². The molecule has 0 aliphatic heterocycles. The van der Waals surface area contributed by atoms with Gasteiger partial charge in [0.25, 0.3) is 0 Å². The van der Waals surface area contributed by atoms with Gasteiger partial charge in [0, 0.05) is 79.1 Å². The molecule has 0 amide bonds. The van der Waals surface area contributed by atoms with E-state index in [4.69, 9.17) is 56.8 Å². The highest BCUT2D eigenvalue weighted by atomic mass is 16.6. The molecule has 0 radical (unpaired) electrons. The van der Waals surface area contributed by atoms with Gasteiger partial charge >= 0.3 is 23.9 Å². The lowest BCUT2D eigenvalue weighted by Crippen LogP contribution is -2.43. The van der Waals surface area contributed by atoms with Gasteiger partial charge in [-0.3, -0.25) is 0 Å². The Morgan fingerprint density at radius 2 is 0.442 bits per heavy atom. The Labute approximate surface area is 454 Å². The Kier molecular flexibility index (Phi) is 29.4. The summed E-state index contributed by atoms with van der Waals surface area (Å²) in [5.41, 5.74) is 4.81. The fraction of sp³-hybridized carbons (Fsp3) is 0.509. The van der Waals surface area contributed by atoms with Crippen LogP contribution in [0.4, 0.5) is 22.7 Å². The number of benzene rings is 4. The summed E-state index contributed by atoms with van der Waals surface area (Å²) < 4.78 is 69.2. The number of anilines is 4. The molecular weight excluding hydrogens is 997 g/mol. The van der Waals surface area contributed by atoms with E-state index in [1.54, 1.807) is 48.5 Å². The van der Waals surface area contributed by atoms with Crippen LogP contribution >= 0.6 is 0 Å². The fourth-order valence-electron chi connectivity index (χ4n) is 6.97. The van der Waals surface area contributed by atoms with Crippen molar-refractivity contribution in [2.24, 2.45) is 5.41 Å². The van der Waals surface area contributed by atoms with E-state index in [1.165, 1.54) is 0 Å². The Bertz CT molecular complexity index is 1960. The molecule has 77 heavy (non-hydrogen) atoms. The topological polar surface area (TPSA) is 192 Å². The molecule has 0 saturated heterocycles. The van der Waals surface area contributed by atoms with Gasteiger partial charge in [-0.15, -0.1) is 0 Å². The van der Waals surface area contributed by atoms with Crippen molar-refractivity contribution in [2.75, 3.05) is 208 Å². The number of hydrogen-bond acceptors (Lipinski definition) is 20. The summed E-state index contributed by atoms with van der Waals surface area (Å²) in [5, 5.41) is 0. The van der Waals surface area contributed by atoms with E-state index in [0.29, 0.717) is 22.3 Å². The first-order valence-electron chi connectivity index (χ1n) is 25.6. The molecule has 0 aliphatic carbocycles. The summed E-state index contributed by atoms with van der Waals surface area (Å²) in [4.78, 5) is 58.0. The van der Waals surface area contributed by atoms with Crippen molar-refractivity contribution in [3.63, 3.8) is 0 Å². The normalized spacial score (nSPS) is 11.2. The first kappa shape index (κ1) is 63.2. The number of nitrogens with zero attached hydrogens (tertiary/aromatic N) is 4. The van der Waals surface area contributed by atoms with Crippen LogP contribution in [0.2, 0.25) is 0 Å². The number of rotatable bonds is 40. The molecule has 4 rings (SSSR count). The van der Waals surface area contributed by atoms with Gasteiger partial charge < -0.3 is 76.4 Å².